The Morgan fingerprint density at radius 3 is 2.87 bits per heavy atom. The number of aromatic amines is 1. The summed E-state index contributed by atoms with van der Waals surface area (Å²) in [6.07, 6.45) is 6.43. The lowest BCUT2D eigenvalue weighted by molar-refractivity contribution is 0.0951. The van der Waals surface area contributed by atoms with Gasteiger partial charge in [0.15, 0.2) is 0 Å². The number of nitrogens with zero attached hydrogens (tertiary/aromatic N) is 2. The SMILES string of the molecule is O=C(NCc1ccncc1)c1cn[nH]c1. The van der Waals surface area contributed by atoms with Gasteiger partial charge in [-0.25, -0.2) is 0 Å². The van der Waals surface area contributed by atoms with E-state index in [2.05, 4.69) is 20.5 Å². The van der Waals surface area contributed by atoms with Gasteiger partial charge in [-0.3, -0.25) is 14.9 Å². The van der Waals surface area contributed by atoms with Crippen molar-refractivity contribution in [2.24, 2.45) is 0 Å². The molecule has 2 heterocycles. The highest BCUT2D eigenvalue weighted by atomic mass is 16.1. The summed E-state index contributed by atoms with van der Waals surface area (Å²) in [6.45, 7) is 0.493. The van der Waals surface area contributed by atoms with Gasteiger partial charge in [0.25, 0.3) is 5.91 Å². The van der Waals surface area contributed by atoms with Crippen molar-refractivity contribution in [2.75, 3.05) is 0 Å². The van der Waals surface area contributed by atoms with Crippen LogP contribution in [-0.4, -0.2) is 21.1 Å². The van der Waals surface area contributed by atoms with Crippen molar-refractivity contribution in [1.82, 2.24) is 20.5 Å². The predicted molar refractivity (Wildman–Crippen MR) is 54.0 cm³/mol. The van der Waals surface area contributed by atoms with E-state index < -0.39 is 0 Å². The molecule has 0 radical (unpaired) electrons. The molecule has 5 nitrogen and oxygen atoms in total. The molecule has 0 unspecified atom stereocenters. The largest absolute Gasteiger partial charge is 0.348 e. The van der Waals surface area contributed by atoms with E-state index in [1.807, 2.05) is 12.1 Å². The molecular weight excluding hydrogens is 192 g/mol. The van der Waals surface area contributed by atoms with Crippen LogP contribution in [0.15, 0.2) is 36.9 Å². The summed E-state index contributed by atoms with van der Waals surface area (Å²) in [4.78, 5) is 15.4. The maximum atomic E-state index is 11.5. The molecule has 0 saturated carbocycles. The zero-order chi connectivity index (χ0) is 10.5. The fraction of sp³-hybridized carbons (Fsp3) is 0.100. The molecule has 0 aliphatic heterocycles. The molecule has 0 saturated heterocycles. The lowest BCUT2D eigenvalue weighted by atomic mass is 10.2. The first-order valence-corrected chi connectivity index (χ1v) is 4.52. The topological polar surface area (TPSA) is 70.7 Å². The number of pyridine rings is 1. The van der Waals surface area contributed by atoms with E-state index in [1.165, 1.54) is 6.20 Å². The second-order valence-corrected chi connectivity index (χ2v) is 3.03. The van der Waals surface area contributed by atoms with Crippen molar-refractivity contribution < 1.29 is 4.79 Å². The lowest BCUT2D eigenvalue weighted by Crippen LogP contribution is -2.22. The quantitative estimate of drug-likeness (QED) is 0.771. The van der Waals surface area contributed by atoms with E-state index in [0.29, 0.717) is 12.1 Å². The number of nitrogens with one attached hydrogen (secondary N) is 2. The smallest absolute Gasteiger partial charge is 0.254 e. The maximum absolute atomic E-state index is 11.5. The van der Waals surface area contributed by atoms with Crippen LogP contribution in [0.1, 0.15) is 15.9 Å². The van der Waals surface area contributed by atoms with Crippen molar-refractivity contribution in [3.8, 4) is 0 Å². The van der Waals surface area contributed by atoms with Crippen LogP contribution >= 0.6 is 0 Å². The Bertz CT molecular complexity index is 424. The summed E-state index contributed by atoms with van der Waals surface area (Å²) in [5, 5.41) is 9.07. The van der Waals surface area contributed by atoms with E-state index in [9.17, 15) is 4.79 Å². The van der Waals surface area contributed by atoms with Gasteiger partial charge in [-0.15, -0.1) is 0 Å². The minimum Gasteiger partial charge on any atom is -0.348 e. The zero-order valence-corrected chi connectivity index (χ0v) is 7.97. The lowest BCUT2D eigenvalue weighted by Gasteiger charge is -2.02. The molecule has 15 heavy (non-hydrogen) atoms. The monoisotopic (exact) mass is 202 g/mol. The summed E-state index contributed by atoms with van der Waals surface area (Å²) >= 11 is 0. The van der Waals surface area contributed by atoms with Crippen LogP contribution in [0.3, 0.4) is 0 Å². The van der Waals surface area contributed by atoms with Crippen LogP contribution < -0.4 is 5.32 Å². The Labute approximate surface area is 86.5 Å². The van der Waals surface area contributed by atoms with Gasteiger partial charge in [0.2, 0.25) is 0 Å². The fourth-order valence-electron chi connectivity index (χ4n) is 1.16. The number of carbonyl (C=O) groups excluding carboxylic acids is 1. The number of rotatable bonds is 3. The maximum Gasteiger partial charge on any atom is 0.254 e. The van der Waals surface area contributed by atoms with E-state index in [4.69, 9.17) is 0 Å². The number of hydrogen-bond donors (Lipinski definition) is 2. The highest BCUT2D eigenvalue weighted by Gasteiger charge is 2.04. The van der Waals surface area contributed by atoms with Crippen molar-refractivity contribution in [2.45, 2.75) is 6.54 Å². The summed E-state index contributed by atoms with van der Waals surface area (Å²) in [5.41, 5.74) is 1.55. The molecular formula is C10H10N4O. The highest BCUT2D eigenvalue weighted by molar-refractivity contribution is 5.93. The van der Waals surface area contributed by atoms with E-state index in [-0.39, 0.29) is 5.91 Å². The molecule has 0 aliphatic carbocycles. The normalized spacial score (nSPS) is 9.87. The third kappa shape index (κ3) is 2.40. The van der Waals surface area contributed by atoms with Crippen molar-refractivity contribution in [3.63, 3.8) is 0 Å². The van der Waals surface area contributed by atoms with E-state index >= 15 is 0 Å². The molecule has 0 atom stereocenters. The van der Waals surface area contributed by atoms with Crippen LogP contribution in [0.4, 0.5) is 0 Å². The number of hydrogen-bond acceptors (Lipinski definition) is 3. The van der Waals surface area contributed by atoms with Crippen LogP contribution in [0, 0.1) is 0 Å². The van der Waals surface area contributed by atoms with E-state index in [0.717, 1.165) is 5.56 Å². The summed E-state index contributed by atoms with van der Waals surface area (Å²) < 4.78 is 0. The standard InChI is InChI=1S/C10H10N4O/c15-10(9-6-13-14-7-9)12-5-8-1-3-11-4-2-8/h1-4,6-7H,5H2,(H,12,15)(H,13,14). The minimum absolute atomic E-state index is 0.138. The molecule has 0 fully saturated rings. The van der Waals surface area contributed by atoms with Gasteiger partial charge in [0.05, 0.1) is 11.8 Å². The first kappa shape index (κ1) is 9.39. The van der Waals surface area contributed by atoms with Gasteiger partial charge < -0.3 is 5.32 Å². The Kier molecular flexibility index (Phi) is 2.73. The van der Waals surface area contributed by atoms with Gasteiger partial charge in [0.1, 0.15) is 0 Å². The molecule has 0 bridgehead atoms. The molecule has 5 heteroatoms. The third-order valence-corrected chi connectivity index (χ3v) is 1.96. The Morgan fingerprint density at radius 2 is 2.20 bits per heavy atom. The summed E-state index contributed by atoms with van der Waals surface area (Å²) in [5.74, 6) is -0.138. The molecule has 0 spiro atoms. The van der Waals surface area contributed by atoms with Gasteiger partial charge in [-0.2, -0.15) is 5.10 Å². The number of aromatic nitrogens is 3. The molecule has 1 amide bonds. The highest BCUT2D eigenvalue weighted by Crippen LogP contribution is 1.97. The van der Waals surface area contributed by atoms with Gasteiger partial charge in [-0.05, 0) is 17.7 Å². The van der Waals surface area contributed by atoms with Crippen molar-refractivity contribution in [1.29, 1.82) is 0 Å². The second-order valence-electron chi connectivity index (χ2n) is 3.03. The molecule has 2 aromatic heterocycles. The fourth-order valence-corrected chi connectivity index (χ4v) is 1.16. The molecule has 2 aromatic rings. The average Bonchev–Trinajstić information content (AvgIpc) is 2.81. The van der Waals surface area contributed by atoms with Gasteiger partial charge in [0, 0.05) is 25.1 Å². The van der Waals surface area contributed by atoms with Crippen LogP contribution in [0.2, 0.25) is 0 Å². The number of carbonyl (C=O) groups is 1. The second kappa shape index (κ2) is 4.36. The van der Waals surface area contributed by atoms with Gasteiger partial charge >= 0.3 is 0 Å². The molecule has 0 aliphatic rings. The van der Waals surface area contributed by atoms with Crippen molar-refractivity contribution >= 4 is 5.91 Å². The summed E-state index contributed by atoms with van der Waals surface area (Å²) in [6, 6.07) is 3.71. The van der Waals surface area contributed by atoms with Crippen LogP contribution in [-0.2, 0) is 6.54 Å². The Morgan fingerprint density at radius 1 is 1.40 bits per heavy atom. The Balaban J connectivity index is 1.92. The molecule has 2 N–H and O–H groups in total. The third-order valence-electron chi connectivity index (χ3n) is 1.96. The first-order chi connectivity index (χ1) is 7.36. The first-order valence-electron chi connectivity index (χ1n) is 4.52. The van der Waals surface area contributed by atoms with Gasteiger partial charge in [-0.1, -0.05) is 0 Å². The summed E-state index contributed by atoms with van der Waals surface area (Å²) in [7, 11) is 0. The molecule has 0 aromatic carbocycles. The number of H-pyrrole nitrogens is 1. The molecule has 76 valence electrons. The molecule has 2 rings (SSSR count). The van der Waals surface area contributed by atoms with Crippen LogP contribution in [0.5, 0.6) is 0 Å². The predicted octanol–water partition coefficient (Wildman–Crippen LogP) is 0.735. The Hall–Kier alpha value is -2.17. The zero-order valence-electron chi connectivity index (χ0n) is 7.97. The minimum atomic E-state index is -0.138. The van der Waals surface area contributed by atoms with E-state index in [1.54, 1.807) is 18.6 Å². The number of amides is 1. The average molecular weight is 202 g/mol. The van der Waals surface area contributed by atoms with Crippen molar-refractivity contribution in [3.05, 3.63) is 48.0 Å². The van der Waals surface area contributed by atoms with Crippen LogP contribution in [0.25, 0.3) is 0 Å².